The highest BCUT2D eigenvalue weighted by atomic mass is 79.9. The first-order valence-electron chi connectivity index (χ1n) is 6.22. The van der Waals surface area contributed by atoms with Crippen molar-refractivity contribution in [2.75, 3.05) is 4.72 Å². The molecule has 2 aromatic rings. The van der Waals surface area contributed by atoms with Crippen LogP contribution in [0.15, 0.2) is 50.2 Å². The van der Waals surface area contributed by atoms with E-state index in [1.807, 2.05) is 6.92 Å². The second-order valence-electron chi connectivity index (χ2n) is 4.56. The number of alkyl halides is 2. The number of rotatable bonds is 5. The molecule has 0 heterocycles. The van der Waals surface area contributed by atoms with Crippen LogP contribution in [-0.2, 0) is 10.0 Å². The Labute approximate surface area is 149 Å². The maximum absolute atomic E-state index is 12.5. The van der Waals surface area contributed by atoms with E-state index in [-0.39, 0.29) is 20.8 Å². The Morgan fingerprint density at radius 2 is 1.74 bits per heavy atom. The lowest BCUT2D eigenvalue weighted by Gasteiger charge is -2.15. The van der Waals surface area contributed by atoms with Crippen LogP contribution in [0.2, 0.25) is 0 Å². The van der Waals surface area contributed by atoms with E-state index in [1.165, 1.54) is 24.3 Å². The number of anilines is 1. The summed E-state index contributed by atoms with van der Waals surface area (Å²) >= 11 is 6.28. The minimum atomic E-state index is -3.94. The van der Waals surface area contributed by atoms with E-state index < -0.39 is 16.6 Å². The molecule has 2 rings (SSSR count). The van der Waals surface area contributed by atoms with Gasteiger partial charge in [0.05, 0.1) is 4.90 Å². The van der Waals surface area contributed by atoms with Crippen molar-refractivity contribution >= 4 is 47.6 Å². The van der Waals surface area contributed by atoms with Gasteiger partial charge in [-0.15, -0.1) is 0 Å². The van der Waals surface area contributed by atoms with Gasteiger partial charge >= 0.3 is 6.61 Å². The third-order valence-corrected chi connectivity index (χ3v) is 5.25. The molecule has 0 saturated heterocycles. The third kappa shape index (κ3) is 4.65. The summed E-state index contributed by atoms with van der Waals surface area (Å²) < 4.78 is 57.2. The lowest BCUT2D eigenvalue weighted by Crippen LogP contribution is -2.15. The standard InChI is InChI=1S/C14H11Br2F2NO3S/c1-8-2-4-10(5-3-8)23(20,21)19-13-11(16)6-9(15)7-12(13)22-14(17)18/h2-7,14,19H,1H3. The molecule has 0 fully saturated rings. The maximum Gasteiger partial charge on any atom is 0.387 e. The highest BCUT2D eigenvalue weighted by Gasteiger charge is 2.21. The van der Waals surface area contributed by atoms with Crippen molar-refractivity contribution in [2.24, 2.45) is 0 Å². The summed E-state index contributed by atoms with van der Waals surface area (Å²) in [7, 11) is -3.94. The number of benzene rings is 2. The van der Waals surface area contributed by atoms with Crippen LogP contribution in [0.1, 0.15) is 5.56 Å². The Morgan fingerprint density at radius 3 is 2.30 bits per heavy atom. The molecule has 23 heavy (non-hydrogen) atoms. The average Bonchev–Trinajstić information content (AvgIpc) is 2.42. The van der Waals surface area contributed by atoms with Crippen molar-refractivity contribution in [3.8, 4) is 5.75 Å². The average molecular weight is 471 g/mol. The van der Waals surface area contributed by atoms with Crippen molar-refractivity contribution < 1.29 is 21.9 Å². The predicted molar refractivity (Wildman–Crippen MR) is 90.5 cm³/mol. The second-order valence-corrected chi connectivity index (χ2v) is 8.01. The molecule has 1 N–H and O–H groups in total. The van der Waals surface area contributed by atoms with Gasteiger partial charge in [-0.2, -0.15) is 8.78 Å². The van der Waals surface area contributed by atoms with Gasteiger partial charge in [0.15, 0.2) is 5.75 Å². The molecular weight excluding hydrogens is 460 g/mol. The van der Waals surface area contributed by atoms with Crippen LogP contribution in [-0.4, -0.2) is 15.0 Å². The summed E-state index contributed by atoms with van der Waals surface area (Å²) in [5.41, 5.74) is 0.796. The summed E-state index contributed by atoms with van der Waals surface area (Å²) in [5, 5.41) is 0. The van der Waals surface area contributed by atoms with Crippen molar-refractivity contribution in [2.45, 2.75) is 18.4 Å². The molecule has 9 heteroatoms. The summed E-state index contributed by atoms with van der Waals surface area (Å²) in [5.74, 6) is -0.295. The predicted octanol–water partition coefficient (Wildman–Crippen LogP) is 4.92. The Bertz CT molecular complexity index is 812. The summed E-state index contributed by atoms with van der Waals surface area (Å²) in [4.78, 5) is 0.0147. The lowest BCUT2D eigenvalue weighted by molar-refractivity contribution is -0.0494. The molecule has 0 aliphatic rings. The molecule has 0 aromatic heterocycles. The number of ether oxygens (including phenoxy) is 1. The van der Waals surface area contributed by atoms with Crippen molar-refractivity contribution in [3.05, 3.63) is 50.9 Å². The van der Waals surface area contributed by atoms with Gasteiger partial charge in [0, 0.05) is 8.95 Å². The van der Waals surface area contributed by atoms with Crippen molar-refractivity contribution in [1.29, 1.82) is 0 Å². The van der Waals surface area contributed by atoms with Crippen LogP contribution in [0, 0.1) is 6.92 Å². The van der Waals surface area contributed by atoms with Gasteiger partial charge in [0.2, 0.25) is 0 Å². The molecule has 0 aliphatic carbocycles. The molecule has 0 atom stereocenters. The fourth-order valence-corrected chi connectivity index (χ4v) is 4.26. The van der Waals surface area contributed by atoms with Crippen molar-refractivity contribution in [1.82, 2.24) is 0 Å². The molecule has 0 aliphatic heterocycles. The maximum atomic E-state index is 12.5. The zero-order valence-electron chi connectivity index (χ0n) is 11.7. The number of hydrogen-bond donors (Lipinski definition) is 1. The minimum absolute atomic E-state index is 0.0147. The van der Waals surface area contributed by atoms with Gasteiger partial charge in [0.25, 0.3) is 10.0 Å². The monoisotopic (exact) mass is 469 g/mol. The largest absolute Gasteiger partial charge is 0.432 e. The van der Waals surface area contributed by atoms with Crippen LogP contribution in [0.25, 0.3) is 0 Å². The SMILES string of the molecule is Cc1ccc(S(=O)(=O)Nc2c(Br)cc(Br)cc2OC(F)F)cc1. The summed E-state index contributed by atoms with van der Waals surface area (Å²) in [6.07, 6.45) is 0. The molecule has 0 unspecified atom stereocenters. The highest BCUT2D eigenvalue weighted by molar-refractivity contribution is 9.11. The molecule has 0 radical (unpaired) electrons. The fraction of sp³-hybridized carbons (Fsp3) is 0.143. The summed E-state index contributed by atoms with van der Waals surface area (Å²) in [6.45, 7) is -1.26. The topological polar surface area (TPSA) is 55.4 Å². The van der Waals surface area contributed by atoms with E-state index in [4.69, 9.17) is 0 Å². The number of sulfonamides is 1. The highest BCUT2D eigenvalue weighted by Crippen LogP contribution is 2.38. The molecule has 0 saturated carbocycles. The van der Waals surface area contributed by atoms with E-state index in [0.717, 1.165) is 5.56 Å². The van der Waals surface area contributed by atoms with Crippen LogP contribution in [0.4, 0.5) is 14.5 Å². The van der Waals surface area contributed by atoms with Gasteiger partial charge in [-0.05, 0) is 47.1 Å². The van der Waals surface area contributed by atoms with E-state index in [1.54, 1.807) is 12.1 Å². The quantitative estimate of drug-likeness (QED) is 0.674. The molecule has 0 spiro atoms. The van der Waals surface area contributed by atoms with E-state index in [0.29, 0.717) is 4.47 Å². The minimum Gasteiger partial charge on any atom is -0.432 e. The number of nitrogens with one attached hydrogen (secondary N) is 1. The smallest absolute Gasteiger partial charge is 0.387 e. The van der Waals surface area contributed by atoms with E-state index in [9.17, 15) is 17.2 Å². The normalized spacial score (nSPS) is 11.6. The van der Waals surface area contributed by atoms with E-state index in [2.05, 4.69) is 41.3 Å². The molecule has 2 aromatic carbocycles. The second kappa shape index (κ2) is 7.14. The Hall–Kier alpha value is -1.19. The number of aryl methyl sites for hydroxylation is 1. The molecule has 4 nitrogen and oxygen atoms in total. The Kier molecular flexibility index (Phi) is 5.64. The van der Waals surface area contributed by atoms with E-state index >= 15 is 0 Å². The number of halogens is 4. The zero-order chi connectivity index (χ0) is 17.2. The van der Waals surface area contributed by atoms with Gasteiger partial charge < -0.3 is 4.74 Å². The third-order valence-electron chi connectivity index (χ3n) is 2.80. The van der Waals surface area contributed by atoms with Crippen LogP contribution in [0.5, 0.6) is 5.75 Å². The summed E-state index contributed by atoms with van der Waals surface area (Å²) in [6, 6.07) is 8.91. The lowest BCUT2D eigenvalue weighted by atomic mass is 10.2. The van der Waals surface area contributed by atoms with Crippen LogP contribution < -0.4 is 9.46 Å². The Balaban J connectivity index is 2.44. The first-order chi connectivity index (χ1) is 10.7. The Morgan fingerprint density at radius 1 is 1.13 bits per heavy atom. The molecule has 124 valence electrons. The van der Waals surface area contributed by atoms with Crippen LogP contribution in [0.3, 0.4) is 0 Å². The number of hydrogen-bond acceptors (Lipinski definition) is 3. The zero-order valence-corrected chi connectivity index (χ0v) is 15.7. The van der Waals surface area contributed by atoms with Gasteiger partial charge in [-0.1, -0.05) is 33.6 Å². The first-order valence-corrected chi connectivity index (χ1v) is 9.29. The molecule has 0 amide bonds. The van der Waals surface area contributed by atoms with Gasteiger partial charge in [-0.3, -0.25) is 4.72 Å². The molecular formula is C14H11Br2F2NO3S. The van der Waals surface area contributed by atoms with Gasteiger partial charge in [0.1, 0.15) is 5.69 Å². The fourth-order valence-electron chi connectivity index (χ4n) is 1.75. The van der Waals surface area contributed by atoms with Gasteiger partial charge in [-0.25, -0.2) is 8.42 Å². The first kappa shape index (κ1) is 18.2. The molecule has 0 bridgehead atoms. The van der Waals surface area contributed by atoms with Crippen molar-refractivity contribution in [3.63, 3.8) is 0 Å². The van der Waals surface area contributed by atoms with Crippen LogP contribution >= 0.6 is 31.9 Å².